The summed E-state index contributed by atoms with van der Waals surface area (Å²) >= 11 is 0. The Morgan fingerprint density at radius 2 is 1.93 bits per heavy atom. The van der Waals surface area contributed by atoms with Crippen molar-refractivity contribution in [3.8, 4) is 5.75 Å². The number of amides is 1. The molecule has 1 aliphatic rings. The van der Waals surface area contributed by atoms with Crippen LogP contribution < -0.4 is 15.4 Å². The molecule has 6 heteroatoms. The van der Waals surface area contributed by atoms with Gasteiger partial charge < -0.3 is 20.3 Å². The van der Waals surface area contributed by atoms with E-state index in [2.05, 4.69) is 46.5 Å². The van der Waals surface area contributed by atoms with Crippen LogP contribution in [-0.4, -0.2) is 57.1 Å². The van der Waals surface area contributed by atoms with Gasteiger partial charge in [0.15, 0.2) is 5.96 Å². The van der Waals surface area contributed by atoms with Crippen molar-refractivity contribution in [1.29, 1.82) is 0 Å². The molecule has 0 aromatic heterocycles. The molecule has 1 saturated heterocycles. The van der Waals surface area contributed by atoms with E-state index < -0.39 is 0 Å². The number of guanidine groups is 1. The normalized spacial score (nSPS) is 15.6. The van der Waals surface area contributed by atoms with E-state index in [4.69, 9.17) is 4.74 Å². The van der Waals surface area contributed by atoms with Crippen LogP contribution in [0, 0.1) is 11.8 Å². The molecule has 1 amide bonds. The van der Waals surface area contributed by atoms with Crippen LogP contribution in [-0.2, 0) is 11.2 Å². The van der Waals surface area contributed by atoms with Gasteiger partial charge in [-0.25, -0.2) is 0 Å². The lowest BCUT2D eigenvalue weighted by Crippen LogP contribution is -2.46. The number of piperidine rings is 1. The van der Waals surface area contributed by atoms with Gasteiger partial charge in [0, 0.05) is 40.2 Å². The summed E-state index contributed by atoms with van der Waals surface area (Å²) in [5, 5.41) is 6.19. The quantitative estimate of drug-likeness (QED) is 0.531. The second kappa shape index (κ2) is 11.6. The monoisotopic (exact) mass is 388 g/mol. The highest BCUT2D eigenvalue weighted by Crippen LogP contribution is 2.20. The van der Waals surface area contributed by atoms with Crippen LogP contribution in [0.3, 0.4) is 0 Å². The number of hydrogen-bond acceptors (Lipinski definition) is 3. The molecule has 0 bridgehead atoms. The van der Waals surface area contributed by atoms with Crippen molar-refractivity contribution >= 4 is 11.9 Å². The summed E-state index contributed by atoms with van der Waals surface area (Å²) in [7, 11) is 3.54. The van der Waals surface area contributed by atoms with Crippen LogP contribution in [0.4, 0.5) is 0 Å². The highest BCUT2D eigenvalue weighted by molar-refractivity contribution is 5.80. The Labute approximate surface area is 169 Å². The third kappa shape index (κ3) is 7.41. The van der Waals surface area contributed by atoms with Crippen molar-refractivity contribution in [2.24, 2.45) is 16.8 Å². The van der Waals surface area contributed by atoms with Crippen LogP contribution in [0.5, 0.6) is 5.75 Å². The fourth-order valence-corrected chi connectivity index (χ4v) is 3.38. The summed E-state index contributed by atoms with van der Waals surface area (Å²) in [4.78, 5) is 18.3. The van der Waals surface area contributed by atoms with Gasteiger partial charge >= 0.3 is 0 Å². The molecule has 1 aliphatic heterocycles. The van der Waals surface area contributed by atoms with E-state index in [9.17, 15) is 4.79 Å². The van der Waals surface area contributed by atoms with Gasteiger partial charge in [-0.15, -0.1) is 0 Å². The third-order valence-electron chi connectivity index (χ3n) is 5.08. The van der Waals surface area contributed by atoms with Gasteiger partial charge in [0.2, 0.25) is 5.91 Å². The van der Waals surface area contributed by atoms with Crippen molar-refractivity contribution in [3.05, 3.63) is 29.8 Å². The lowest BCUT2D eigenvalue weighted by Gasteiger charge is -2.34. The molecular formula is C22H36N4O2. The molecule has 2 rings (SSSR count). The summed E-state index contributed by atoms with van der Waals surface area (Å²) in [5.41, 5.74) is 1.28. The first-order chi connectivity index (χ1) is 13.5. The van der Waals surface area contributed by atoms with Crippen LogP contribution >= 0.6 is 0 Å². The van der Waals surface area contributed by atoms with Crippen LogP contribution in [0.2, 0.25) is 0 Å². The number of carbonyl (C=O) groups is 1. The first kappa shape index (κ1) is 22.1. The van der Waals surface area contributed by atoms with Gasteiger partial charge in [0.25, 0.3) is 0 Å². The molecule has 2 N–H and O–H groups in total. The zero-order chi connectivity index (χ0) is 20.4. The van der Waals surface area contributed by atoms with E-state index in [1.165, 1.54) is 5.56 Å². The molecule has 1 fully saturated rings. The topological polar surface area (TPSA) is 66.0 Å². The first-order valence-electron chi connectivity index (χ1n) is 10.4. The van der Waals surface area contributed by atoms with Gasteiger partial charge in [-0.05, 0) is 48.8 Å². The molecular weight excluding hydrogens is 352 g/mol. The van der Waals surface area contributed by atoms with E-state index in [0.717, 1.165) is 57.2 Å². The lowest BCUT2D eigenvalue weighted by molar-refractivity contribution is -0.121. The Morgan fingerprint density at radius 1 is 1.25 bits per heavy atom. The Kier molecular flexibility index (Phi) is 9.11. The fraction of sp³-hybridized carbons (Fsp3) is 0.636. The minimum absolute atomic E-state index is 0.140. The molecule has 0 unspecified atom stereocenters. The Hall–Kier alpha value is -2.24. The van der Waals surface area contributed by atoms with E-state index in [0.29, 0.717) is 18.3 Å². The van der Waals surface area contributed by atoms with E-state index in [-0.39, 0.29) is 5.91 Å². The number of carbonyl (C=O) groups excluding carboxylic acids is 1. The van der Waals surface area contributed by atoms with Gasteiger partial charge in [0.1, 0.15) is 5.75 Å². The van der Waals surface area contributed by atoms with Gasteiger partial charge in [0.05, 0.1) is 6.61 Å². The molecule has 1 heterocycles. The highest BCUT2D eigenvalue weighted by atomic mass is 16.5. The number of hydrogen-bond donors (Lipinski definition) is 2. The molecule has 28 heavy (non-hydrogen) atoms. The molecule has 0 atom stereocenters. The van der Waals surface area contributed by atoms with Gasteiger partial charge in [-0.3, -0.25) is 9.79 Å². The van der Waals surface area contributed by atoms with Gasteiger partial charge in [-0.1, -0.05) is 26.0 Å². The number of ether oxygens (including phenoxy) is 1. The first-order valence-corrected chi connectivity index (χ1v) is 10.4. The largest absolute Gasteiger partial charge is 0.493 e. The molecule has 0 aliphatic carbocycles. The Morgan fingerprint density at radius 3 is 2.50 bits per heavy atom. The molecule has 0 spiro atoms. The van der Waals surface area contributed by atoms with Crippen LogP contribution in [0.1, 0.15) is 38.7 Å². The number of likely N-dealkylation sites (tertiary alicyclic amines) is 1. The van der Waals surface area contributed by atoms with E-state index in [1.54, 1.807) is 7.05 Å². The molecule has 6 nitrogen and oxygen atoms in total. The summed E-state index contributed by atoms with van der Waals surface area (Å²) in [6.45, 7) is 7.79. The standard InChI is InChI=1S/C22H36N4O2/c1-17(2)16-28-20-7-5-18(6-8-20)9-12-25-22(24-4)26-13-10-19(11-14-26)15-21(27)23-3/h5-8,17,19H,9-16H2,1-4H3,(H,23,27)(H,24,25). The summed E-state index contributed by atoms with van der Waals surface area (Å²) < 4.78 is 5.74. The van der Waals surface area contributed by atoms with Crippen LogP contribution in [0.25, 0.3) is 0 Å². The maximum Gasteiger partial charge on any atom is 0.220 e. The van der Waals surface area contributed by atoms with Crippen molar-refractivity contribution in [2.45, 2.75) is 39.5 Å². The number of nitrogens with zero attached hydrogens (tertiary/aromatic N) is 2. The Balaban J connectivity index is 1.72. The SMILES string of the molecule is CN=C(NCCc1ccc(OCC(C)C)cc1)N1CCC(CC(=O)NC)CC1. The zero-order valence-electron chi connectivity index (χ0n) is 17.8. The minimum atomic E-state index is 0.140. The van der Waals surface area contributed by atoms with Crippen LogP contribution in [0.15, 0.2) is 29.3 Å². The molecule has 156 valence electrons. The van der Waals surface area contributed by atoms with E-state index in [1.807, 2.05) is 19.2 Å². The fourth-order valence-electron chi connectivity index (χ4n) is 3.38. The third-order valence-corrected chi connectivity index (χ3v) is 5.08. The number of nitrogens with one attached hydrogen (secondary N) is 2. The number of aliphatic imine (C=N–C) groups is 1. The molecule has 0 saturated carbocycles. The van der Waals surface area contributed by atoms with Crippen molar-refractivity contribution in [1.82, 2.24) is 15.5 Å². The van der Waals surface area contributed by atoms with E-state index >= 15 is 0 Å². The average Bonchev–Trinajstić information content (AvgIpc) is 2.71. The number of rotatable bonds is 8. The average molecular weight is 389 g/mol. The van der Waals surface area contributed by atoms with Gasteiger partial charge in [-0.2, -0.15) is 0 Å². The summed E-state index contributed by atoms with van der Waals surface area (Å²) in [6.07, 6.45) is 3.64. The maximum absolute atomic E-state index is 11.5. The summed E-state index contributed by atoms with van der Waals surface area (Å²) in [5.74, 6) is 3.04. The zero-order valence-corrected chi connectivity index (χ0v) is 17.8. The predicted molar refractivity (Wildman–Crippen MR) is 115 cm³/mol. The van der Waals surface area contributed by atoms with Crippen molar-refractivity contribution < 1.29 is 9.53 Å². The Bertz CT molecular complexity index is 620. The molecule has 0 radical (unpaired) electrons. The van der Waals surface area contributed by atoms with Crippen molar-refractivity contribution in [3.63, 3.8) is 0 Å². The summed E-state index contributed by atoms with van der Waals surface area (Å²) in [6, 6.07) is 8.35. The second-order valence-corrected chi connectivity index (χ2v) is 7.88. The predicted octanol–water partition coefficient (Wildman–Crippen LogP) is 2.69. The maximum atomic E-state index is 11.5. The molecule has 1 aromatic rings. The highest BCUT2D eigenvalue weighted by Gasteiger charge is 2.22. The smallest absolute Gasteiger partial charge is 0.220 e. The number of benzene rings is 1. The second-order valence-electron chi connectivity index (χ2n) is 7.88. The lowest BCUT2D eigenvalue weighted by atomic mass is 9.93. The minimum Gasteiger partial charge on any atom is -0.493 e. The molecule has 1 aromatic carbocycles. The van der Waals surface area contributed by atoms with Crippen molar-refractivity contribution in [2.75, 3.05) is 40.3 Å².